The normalized spacial score (nSPS) is 24.4. The van der Waals surface area contributed by atoms with E-state index in [1.54, 1.807) is 13.0 Å². The summed E-state index contributed by atoms with van der Waals surface area (Å²) in [6.45, 7) is 1.66. The number of rotatable bonds is 2. The maximum absolute atomic E-state index is 11.6. The van der Waals surface area contributed by atoms with Gasteiger partial charge in [0.25, 0.3) is 0 Å². The number of carbonyl (C=O) groups is 1. The Labute approximate surface area is 86.5 Å². The molecule has 1 aromatic heterocycles. The zero-order chi connectivity index (χ0) is 10.8. The number of aryl methyl sites for hydroxylation is 1. The Balaban J connectivity index is 1.96. The topological polar surface area (TPSA) is 94.0 Å². The van der Waals surface area contributed by atoms with E-state index in [1.807, 2.05) is 6.08 Å². The zero-order valence-corrected chi connectivity index (χ0v) is 8.30. The van der Waals surface area contributed by atoms with Crippen molar-refractivity contribution < 1.29 is 9.21 Å². The highest BCUT2D eigenvalue weighted by Crippen LogP contribution is 2.18. The van der Waals surface area contributed by atoms with Crippen molar-refractivity contribution >= 4 is 11.9 Å². The van der Waals surface area contributed by atoms with Gasteiger partial charge in [0, 0.05) is 13.0 Å². The van der Waals surface area contributed by atoms with E-state index in [9.17, 15) is 4.79 Å². The van der Waals surface area contributed by atoms with Crippen molar-refractivity contribution in [2.45, 2.75) is 19.4 Å². The van der Waals surface area contributed by atoms with E-state index in [1.165, 1.54) is 0 Å². The largest absolute Gasteiger partial charge is 0.408 e. The lowest BCUT2D eigenvalue weighted by molar-refractivity contribution is -0.118. The van der Waals surface area contributed by atoms with E-state index < -0.39 is 0 Å². The van der Waals surface area contributed by atoms with Gasteiger partial charge in [-0.1, -0.05) is 17.3 Å². The molecule has 0 radical (unpaired) electrons. The van der Waals surface area contributed by atoms with Crippen LogP contribution in [0.4, 0.5) is 6.01 Å². The van der Waals surface area contributed by atoms with Gasteiger partial charge in [-0.3, -0.25) is 10.1 Å². The highest BCUT2D eigenvalue weighted by atomic mass is 16.4. The standard InChI is InChI=1S/C9H12N4O2/c1-5-12-13-9(15-5)11-8(14)6-2-3-7(10)4-6/h2-3,6-7H,4,10H2,1H3,(H,11,13,14). The van der Waals surface area contributed by atoms with Crippen LogP contribution in [0.3, 0.4) is 0 Å². The minimum Gasteiger partial charge on any atom is -0.408 e. The molecule has 6 nitrogen and oxygen atoms in total. The minimum absolute atomic E-state index is 0.0369. The van der Waals surface area contributed by atoms with Crippen LogP contribution in [0.1, 0.15) is 12.3 Å². The third kappa shape index (κ3) is 2.21. The number of aromatic nitrogens is 2. The summed E-state index contributed by atoms with van der Waals surface area (Å²) in [6, 6.07) is 0.0940. The van der Waals surface area contributed by atoms with Gasteiger partial charge in [0.2, 0.25) is 11.8 Å². The van der Waals surface area contributed by atoms with Crippen molar-refractivity contribution in [2.75, 3.05) is 5.32 Å². The second-order valence-electron chi connectivity index (χ2n) is 3.51. The van der Waals surface area contributed by atoms with Crippen LogP contribution in [0.25, 0.3) is 0 Å². The van der Waals surface area contributed by atoms with Crippen molar-refractivity contribution in [3.63, 3.8) is 0 Å². The van der Waals surface area contributed by atoms with Crippen LogP contribution in [0.15, 0.2) is 16.6 Å². The summed E-state index contributed by atoms with van der Waals surface area (Å²) >= 11 is 0. The highest BCUT2D eigenvalue weighted by Gasteiger charge is 2.23. The first-order chi connectivity index (χ1) is 7.15. The van der Waals surface area contributed by atoms with Crippen molar-refractivity contribution in [1.82, 2.24) is 10.2 Å². The van der Waals surface area contributed by atoms with Gasteiger partial charge < -0.3 is 10.2 Å². The first-order valence-electron chi connectivity index (χ1n) is 4.70. The molecule has 2 atom stereocenters. The summed E-state index contributed by atoms with van der Waals surface area (Å²) in [5.74, 6) is 0.0546. The fraction of sp³-hybridized carbons (Fsp3) is 0.444. The van der Waals surface area contributed by atoms with Crippen LogP contribution >= 0.6 is 0 Å². The first kappa shape index (κ1) is 9.85. The van der Waals surface area contributed by atoms with E-state index in [4.69, 9.17) is 10.2 Å². The third-order valence-electron chi connectivity index (χ3n) is 2.21. The lowest BCUT2D eigenvalue weighted by atomic mass is 10.1. The molecule has 0 saturated carbocycles. The molecule has 2 rings (SSSR count). The second-order valence-corrected chi connectivity index (χ2v) is 3.51. The molecule has 3 N–H and O–H groups in total. The molecule has 15 heavy (non-hydrogen) atoms. The zero-order valence-electron chi connectivity index (χ0n) is 8.30. The number of anilines is 1. The molecule has 1 aliphatic carbocycles. The second kappa shape index (κ2) is 3.82. The summed E-state index contributed by atoms with van der Waals surface area (Å²) in [6.07, 6.45) is 4.24. The number of amides is 1. The molecule has 0 aliphatic heterocycles. The summed E-state index contributed by atoms with van der Waals surface area (Å²) in [5.41, 5.74) is 5.64. The summed E-state index contributed by atoms with van der Waals surface area (Å²) < 4.78 is 5.03. The van der Waals surface area contributed by atoms with Gasteiger partial charge in [-0.05, 0) is 6.42 Å². The molecule has 80 valence electrons. The van der Waals surface area contributed by atoms with Crippen LogP contribution in [-0.2, 0) is 4.79 Å². The van der Waals surface area contributed by atoms with Crippen LogP contribution in [-0.4, -0.2) is 22.1 Å². The Kier molecular flexibility index (Phi) is 2.51. The van der Waals surface area contributed by atoms with Gasteiger partial charge in [0.05, 0.1) is 5.92 Å². The SMILES string of the molecule is Cc1nnc(NC(=O)C2C=CC(N)C2)o1. The van der Waals surface area contributed by atoms with Crippen LogP contribution in [0.2, 0.25) is 0 Å². The lowest BCUT2D eigenvalue weighted by Gasteiger charge is -2.06. The quantitative estimate of drug-likeness (QED) is 0.678. The number of carbonyl (C=O) groups excluding carboxylic acids is 1. The van der Waals surface area contributed by atoms with Crippen molar-refractivity contribution in [3.05, 3.63) is 18.0 Å². The molecule has 2 unspecified atom stereocenters. The smallest absolute Gasteiger partial charge is 0.322 e. The van der Waals surface area contributed by atoms with E-state index in [2.05, 4.69) is 15.5 Å². The molecule has 1 heterocycles. The lowest BCUT2D eigenvalue weighted by Crippen LogP contribution is -2.24. The Hall–Kier alpha value is -1.69. The maximum atomic E-state index is 11.6. The van der Waals surface area contributed by atoms with Crippen LogP contribution in [0, 0.1) is 12.8 Å². The van der Waals surface area contributed by atoms with Crippen LogP contribution < -0.4 is 11.1 Å². The number of nitrogens with one attached hydrogen (secondary N) is 1. The average Bonchev–Trinajstić information content (AvgIpc) is 2.75. The van der Waals surface area contributed by atoms with Gasteiger partial charge >= 0.3 is 6.01 Å². The molecule has 1 aromatic rings. The molecule has 0 bridgehead atoms. The number of hydrogen-bond donors (Lipinski definition) is 2. The van der Waals surface area contributed by atoms with Gasteiger partial charge in [0.1, 0.15) is 0 Å². The van der Waals surface area contributed by atoms with E-state index in [0.717, 1.165) is 0 Å². The Morgan fingerprint density at radius 3 is 2.93 bits per heavy atom. The maximum Gasteiger partial charge on any atom is 0.322 e. The van der Waals surface area contributed by atoms with Gasteiger partial charge in [-0.25, -0.2) is 0 Å². The van der Waals surface area contributed by atoms with Gasteiger partial charge in [0.15, 0.2) is 0 Å². The Morgan fingerprint density at radius 2 is 2.40 bits per heavy atom. The summed E-state index contributed by atoms with van der Waals surface area (Å²) in [5, 5.41) is 9.82. The number of nitrogens with two attached hydrogens (primary N) is 1. The number of nitrogens with zero attached hydrogens (tertiary/aromatic N) is 2. The molecule has 0 fully saturated rings. The minimum atomic E-state index is -0.202. The molecular formula is C9H12N4O2. The molecule has 1 amide bonds. The summed E-state index contributed by atoms with van der Waals surface area (Å²) in [4.78, 5) is 11.6. The Morgan fingerprint density at radius 1 is 1.60 bits per heavy atom. The molecule has 0 spiro atoms. The molecule has 0 saturated heterocycles. The molecule has 1 aliphatic rings. The van der Waals surface area contributed by atoms with Crippen molar-refractivity contribution in [2.24, 2.45) is 11.7 Å². The van der Waals surface area contributed by atoms with Crippen molar-refractivity contribution in [1.29, 1.82) is 0 Å². The average molecular weight is 208 g/mol. The fourth-order valence-electron chi connectivity index (χ4n) is 1.47. The first-order valence-corrected chi connectivity index (χ1v) is 4.70. The number of hydrogen-bond acceptors (Lipinski definition) is 5. The van der Waals surface area contributed by atoms with Gasteiger partial charge in [-0.15, -0.1) is 5.10 Å². The highest BCUT2D eigenvalue weighted by molar-refractivity contribution is 5.92. The predicted octanol–water partition coefficient (Wildman–Crippen LogP) is 0.220. The fourth-order valence-corrected chi connectivity index (χ4v) is 1.47. The predicted molar refractivity (Wildman–Crippen MR) is 52.9 cm³/mol. The molecule has 6 heteroatoms. The van der Waals surface area contributed by atoms with E-state index >= 15 is 0 Å². The summed E-state index contributed by atoms with van der Waals surface area (Å²) in [7, 11) is 0. The van der Waals surface area contributed by atoms with E-state index in [0.29, 0.717) is 12.3 Å². The molecule has 0 aromatic carbocycles. The Bertz CT molecular complexity index is 399. The third-order valence-corrected chi connectivity index (χ3v) is 2.21. The van der Waals surface area contributed by atoms with E-state index in [-0.39, 0.29) is 23.9 Å². The van der Waals surface area contributed by atoms with Gasteiger partial charge in [-0.2, -0.15) is 0 Å². The monoisotopic (exact) mass is 208 g/mol. The van der Waals surface area contributed by atoms with Crippen LogP contribution in [0.5, 0.6) is 0 Å². The molecular weight excluding hydrogens is 196 g/mol. The van der Waals surface area contributed by atoms with Crippen molar-refractivity contribution in [3.8, 4) is 0 Å².